The highest BCUT2D eigenvalue weighted by atomic mass is 35.5. The summed E-state index contributed by atoms with van der Waals surface area (Å²) in [7, 11) is 0. The van der Waals surface area contributed by atoms with Crippen molar-refractivity contribution in [2.45, 2.75) is 26.6 Å². The molecule has 0 aliphatic heterocycles. The summed E-state index contributed by atoms with van der Waals surface area (Å²) in [5.41, 5.74) is 6.11. The maximum Gasteiger partial charge on any atom is 0.336 e. The lowest BCUT2D eigenvalue weighted by molar-refractivity contribution is -0.385. The summed E-state index contributed by atoms with van der Waals surface area (Å²) in [6, 6.07) is 19.2. The first-order chi connectivity index (χ1) is 20.6. The van der Waals surface area contributed by atoms with Gasteiger partial charge in [-0.05, 0) is 71.5 Å². The Bertz CT molecular complexity index is 1660. The van der Waals surface area contributed by atoms with Crippen LogP contribution in [0.1, 0.15) is 48.5 Å². The van der Waals surface area contributed by atoms with Crippen LogP contribution in [0.25, 0.3) is 0 Å². The smallest absolute Gasteiger partial charge is 0.336 e. The molecule has 0 spiro atoms. The SMILES string of the molecule is Cc1cccc(COO)c1CONc1ccc(Cc2ccc(NC(=O)c3c(C(=O)O)cccc3[N+](=O)[O-])c(Cl)c2)cc1Cl. The van der Waals surface area contributed by atoms with Gasteiger partial charge in [0, 0.05) is 6.07 Å². The lowest BCUT2D eigenvalue weighted by Gasteiger charge is -2.14. The zero-order chi connectivity index (χ0) is 31.1. The number of hydrogen-bond acceptors (Lipinski definition) is 8. The number of nitrogens with zero attached hydrogens (tertiary/aromatic N) is 1. The van der Waals surface area contributed by atoms with Crippen LogP contribution in [-0.4, -0.2) is 27.2 Å². The minimum Gasteiger partial charge on any atom is -0.478 e. The number of nitro groups is 1. The fraction of sp³-hybridized carbons (Fsp3) is 0.133. The monoisotopic (exact) mass is 625 g/mol. The Morgan fingerprint density at radius 1 is 0.930 bits per heavy atom. The van der Waals surface area contributed by atoms with E-state index in [2.05, 4.69) is 15.7 Å². The molecule has 0 saturated heterocycles. The van der Waals surface area contributed by atoms with Crippen LogP contribution in [0.15, 0.2) is 72.8 Å². The summed E-state index contributed by atoms with van der Waals surface area (Å²) >= 11 is 12.9. The van der Waals surface area contributed by atoms with Crippen LogP contribution in [0, 0.1) is 17.0 Å². The average Bonchev–Trinajstić information content (AvgIpc) is 2.96. The first-order valence-electron chi connectivity index (χ1n) is 12.7. The van der Waals surface area contributed by atoms with Crippen molar-refractivity contribution in [1.82, 2.24) is 0 Å². The van der Waals surface area contributed by atoms with Gasteiger partial charge in [-0.3, -0.25) is 30.5 Å². The minimum absolute atomic E-state index is 0.0361. The number of carboxylic acids is 1. The van der Waals surface area contributed by atoms with Crippen LogP contribution in [-0.2, 0) is 29.4 Å². The molecule has 0 bridgehead atoms. The van der Waals surface area contributed by atoms with Crippen molar-refractivity contribution in [2.75, 3.05) is 10.8 Å². The standard InChI is InChI=1S/C30H25Cl2N3O8/c1-17-4-2-5-20(15-43-41)22(17)16-42-34-26-11-9-19(14-24(26)32)12-18-8-10-25(23(31)13-18)33-29(36)28-21(30(37)38)6-3-7-27(28)35(39)40/h2-11,13-14,34,41H,12,15-16H2,1H3,(H,33,36)(H,37,38). The van der Waals surface area contributed by atoms with E-state index in [0.29, 0.717) is 17.1 Å². The third-order valence-corrected chi connectivity index (χ3v) is 7.17. The Balaban J connectivity index is 1.42. The van der Waals surface area contributed by atoms with E-state index in [4.69, 9.17) is 33.3 Å². The molecule has 0 radical (unpaired) electrons. The predicted molar refractivity (Wildman–Crippen MR) is 161 cm³/mol. The van der Waals surface area contributed by atoms with E-state index in [1.54, 1.807) is 24.3 Å². The third-order valence-electron chi connectivity index (χ3n) is 6.55. The number of hydrogen-bond donors (Lipinski definition) is 4. The molecule has 0 aliphatic rings. The van der Waals surface area contributed by atoms with Crippen molar-refractivity contribution in [3.8, 4) is 0 Å². The van der Waals surface area contributed by atoms with Crippen molar-refractivity contribution in [1.29, 1.82) is 0 Å². The normalized spacial score (nSPS) is 10.8. The van der Waals surface area contributed by atoms with Gasteiger partial charge in [0.15, 0.2) is 0 Å². The number of amides is 1. The topological polar surface area (TPSA) is 160 Å². The summed E-state index contributed by atoms with van der Waals surface area (Å²) in [6.45, 7) is 2.17. The van der Waals surface area contributed by atoms with Crippen molar-refractivity contribution < 1.29 is 34.6 Å². The Morgan fingerprint density at radius 2 is 1.58 bits per heavy atom. The van der Waals surface area contributed by atoms with Crippen molar-refractivity contribution in [3.63, 3.8) is 0 Å². The van der Waals surface area contributed by atoms with Crippen molar-refractivity contribution in [3.05, 3.63) is 132 Å². The number of nitro benzene ring substituents is 1. The molecule has 4 rings (SSSR count). The van der Waals surface area contributed by atoms with Gasteiger partial charge in [-0.15, -0.1) is 0 Å². The Hall–Kier alpha value is -4.52. The van der Waals surface area contributed by atoms with Gasteiger partial charge >= 0.3 is 5.97 Å². The quantitative estimate of drug-likeness (QED) is 0.0719. The number of benzene rings is 4. The molecule has 0 aliphatic carbocycles. The van der Waals surface area contributed by atoms with Crippen LogP contribution in [0.2, 0.25) is 10.0 Å². The van der Waals surface area contributed by atoms with Crippen molar-refractivity contribution in [2.24, 2.45) is 0 Å². The van der Waals surface area contributed by atoms with E-state index in [1.165, 1.54) is 12.1 Å². The van der Waals surface area contributed by atoms with Gasteiger partial charge in [0.1, 0.15) is 18.8 Å². The molecule has 0 saturated carbocycles. The third kappa shape index (κ3) is 7.66. The Labute approximate surface area is 255 Å². The molecular weight excluding hydrogens is 601 g/mol. The molecule has 0 fully saturated rings. The first-order valence-corrected chi connectivity index (χ1v) is 13.4. The molecule has 1 amide bonds. The minimum atomic E-state index is -1.48. The molecule has 43 heavy (non-hydrogen) atoms. The fourth-order valence-corrected chi connectivity index (χ4v) is 4.90. The Kier molecular flexibility index (Phi) is 10.3. The average molecular weight is 626 g/mol. The van der Waals surface area contributed by atoms with Gasteiger partial charge in [0.05, 0.1) is 31.9 Å². The van der Waals surface area contributed by atoms with Crippen LogP contribution >= 0.6 is 23.2 Å². The number of carbonyl (C=O) groups excluding carboxylic acids is 1. The Morgan fingerprint density at radius 3 is 2.19 bits per heavy atom. The lowest BCUT2D eigenvalue weighted by Crippen LogP contribution is -2.18. The van der Waals surface area contributed by atoms with Gasteiger partial charge in [0.25, 0.3) is 11.6 Å². The summed E-state index contributed by atoms with van der Waals surface area (Å²) in [5, 5.41) is 32.7. The van der Waals surface area contributed by atoms with Gasteiger partial charge in [-0.25, -0.2) is 9.68 Å². The molecule has 0 unspecified atom stereocenters. The molecule has 4 aromatic rings. The van der Waals surface area contributed by atoms with Crippen molar-refractivity contribution >= 4 is 52.1 Å². The zero-order valence-electron chi connectivity index (χ0n) is 22.6. The largest absolute Gasteiger partial charge is 0.478 e. The van der Waals surface area contributed by atoms with E-state index in [1.807, 2.05) is 31.2 Å². The molecular formula is C30H25Cl2N3O8. The fourth-order valence-electron chi connectivity index (χ4n) is 4.41. The van der Waals surface area contributed by atoms with E-state index in [0.717, 1.165) is 39.9 Å². The number of anilines is 2. The number of aromatic carboxylic acids is 1. The predicted octanol–water partition coefficient (Wildman–Crippen LogP) is 7.28. The van der Waals surface area contributed by atoms with Crippen LogP contribution < -0.4 is 10.8 Å². The van der Waals surface area contributed by atoms with Gasteiger partial charge < -0.3 is 10.4 Å². The maximum atomic E-state index is 12.9. The molecule has 4 N–H and O–H groups in total. The maximum absolute atomic E-state index is 12.9. The van der Waals surface area contributed by atoms with E-state index in [-0.39, 0.29) is 23.9 Å². The number of aryl methyl sites for hydroxylation is 1. The number of nitrogens with one attached hydrogen (secondary N) is 2. The lowest BCUT2D eigenvalue weighted by atomic mass is 10.0. The van der Waals surface area contributed by atoms with E-state index in [9.17, 15) is 24.8 Å². The molecule has 0 heterocycles. The van der Waals surface area contributed by atoms with Crippen LogP contribution in [0.5, 0.6) is 0 Å². The van der Waals surface area contributed by atoms with Crippen LogP contribution in [0.4, 0.5) is 17.1 Å². The highest BCUT2D eigenvalue weighted by Gasteiger charge is 2.27. The van der Waals surface area contributed by atoms with Crippen LogP contribution in [0.3, 0.4) is 0 Å². The first kappa shape index (κ1) is 31.4. The molecule has 0 aromatic heterocycles. The number of rotatable bonds is 12. The van der Waals surface area contributed by atoms with E-state index >= 15 is 0 Å². The number of halogens is 2. The number of carbonyl (C=O) groups is 2. The van der Waals surface area contributed by atoms with E-state index < -0.39 is 33.6 Å². The summed E-state index contributed by atoms with van der Waals surface area (Å²) in [6.07, 6.45) is 0.440. The summed E-state index contributed by atoms with van der Waals surface area (Å²) < 4.78 is 0. The highest BCUT2D eigenvalue weighted by Crippen LogP contribution is 2.30. The van der Waals surface area contributed by atoms with Gasteiger partial charge in [-0.1, -0.05) is 59.6 Å². The second-order valence-corrected chi connectivity index (χ2v) is 10.2. The second kappa shape index (κ2) is 14.1. The van der Waals surface area contributed by atoms with Gasteiger partial charge in [-0.2, -0.15) is 0 Å². The molecule has 4 aromatic carbocycles. The molecule has 11 nitrogen and oxygen atoms in total. The summed E-state index contributed by atoms with van der Waals surface area (Å²) in [4.78, 5) is 45.0. The molecule has 222 valence electrons. The highest BCUT2D eigenvalue weighted by molar-refractivity contribution is 6.34. The number of carboxylic acid groups (broad SMARTS) is 1. The summed E-state index contributed by atoms with van der Waals surface area (Å²) in [5.74, 6) is -2.45. The van der Waals surface area contributed by atoms with Gasteiger partial charge in [0.2, 0.25) is 0 Å². The molecule has 13 heteroatoms. The second-order valence-electron chi connectivity index (χ2n) is 9.40. The zero-order valence-corrected chi connectivity index (χ0v) is 24.1. The molecule has 0 atom stereocenters.